The summed E-state index contributed by atoms with van der Waals surface area (Å²) in [5.74, 6) is -1.75. The van der Waals surface area contributed by atoms with Crippen LogP contribution in [0.1, 0.15) is 72.4 Å². The van der Waals surface area contributed by atoms with Crippen LogP contribution in [0.3, 0.4) is 0 Å². The van der Waals surface area contributed by atoms with Gasteiger partial charge in [-0.3, -0.25) is 9.59 Å². The normalized spacial score (nSPS) is 12.0. The summed E-state index contributed by atoms with van der Waals surface area (Å²) in [4.78, 5) is 44.2. The smallest absolute Gasteiger partial charge is 0.159 e. The molecule has 0 radical (unpaired) electrons. The molecule has 2 atom stereocenters. The third-order valence-corrected chi connectivity index (χ3v) is 6.65. The first kappa shape index (κ1) is 47.8. The monoisotopic (exact) mass is 734 g/mol. The highest BCUT2D eigenvalue weighted by molar-refractivity contribution is 5.95. The Kier molecular flexibility index (Phi) is 25.3. The molecule has 0 bridgehead atoms. The average molecular weight is 735 g/mol. The Morgan fingerprint density at radius 1 is 0.673 bits per heavy atom. The van der Waals surface area contributed by atoms with E-state index in [0.29, 0.717) is 74.3 Å². The summed E-state index contributed by atoms with van der Waals surface area (Å²) in [6.07, 6.45) is 1.59. The van der Waals surface area contributed by atoms with Gasteiger partial charge in [-0.15, -0.1) is 0 Å². The number of hydrogen-bond donors (Lipinski definition) is 4. The molecule has 0 amide bonds. The summed E-state index contributed by atoms with van der Waals surface area (Å²) in [6.45, 7) is 11.0. The third kappa shape index (κ3) is 23.3. The van der Waals surface area contributed by atoms with Crippen LogP contribution in [0.25, 0.3) is 0 Å². The Morgan fingerprint density at radius 2 is 1.02 bits per heavy atom. The Hall–Kier alpha value is -4.18. The molecule has 0 aliphatic carbocycles. The van der Waals surface area contributed by atoms with Crippen LogP contribution >= 0.6 is 0 Å². The van der Waals surface area contributed by atoms with E-state index in [2.05, 4.69) is 0 Å². The second kappa shape index (κ2) is 27.5. The van der Waals surface area contributed by atoms with Gasteiger partial charge in [0, 0.05) is 35.5 Å². The van der Waals surface area contributed by atoms with Crippen molar-refractivity contribution >= 4 is 23.5 Å². The number of carboxylic acid groups (broad SMARTS) is 2. The Labute approximate surface area is 307 Å². The fourth-order valence-corrected chi connectivity index (χ4v) is 4.33. The number of aliphatic hydroxyl groups is 2. The molecule has 0 spiro atoms. The minimum Gasteiger partial charge on any atom is -0.545 e. The van der Waals surface area contributed by atoms with E-state index < -0.39 is 24.1 Å². The predicted octanol–water partition coefficient (Wildman–Crippen LogP) is -1.56. The van der Waals surface area contributed by atoms with Crippen LogP contribution in [-0.4, -0.2) is 114 Å². The van der Waals surface area contributed by atoms with Crippen molar-refractivity contribution in [3.05, 3.63) is 70.8 Å². The molecule has 14 heteroatoms. The molecule has 0 aliphatic heterocycles. The molecular weight excluding hydrogens is 676 g/mol. The number of aliphatic hydroxyl groups excluding tert-OH is 2. The summed E-state index contributed by atoms with van der Waals surface area (Å²) in [6, 6.07) is 10.6. The van der Waals surface area contributed by atoms with Gasteiger partial charge in [0.2, 0.25) is 0 Å². The first-order valence-corrected chi connectivity index (χ1v) is 17.2. The fourth-order valence-electron chi connectivity index (χ4n) is 4.33. The molecule has 2 unspecified atom stereocenters. The summed E-state index contributed by atoms with van der Waals surface area (Å²) < 4.78 is 22.5. The fraction of sp³-hybridized carbons (Fsp3) is 0.526. The molecule has 0 fully saturated rings. The quantitative estimate of drug-likeness (QED) is 0.0618. The van der Waals surface area contributed by atoms with Crippen LogP contribution in [-0.2, 0) is 32.3 Å². The Bertz CT molecular complexity index is 1290. The van der Waals surface area contributed by atoms with Crippen LogP contribution < -0.4 is 29.5 Å². The number of quaternary nitrogens is 2. The Balaban J connectivity index is 0.000000829. The minimum absolute atomic E-state index is 0.0135. The van der Waals surface area contributed by atoms with Crippen molar-refractivity contribution in [2.45, 2.75) is 66.0 Å². The maximum atomic E-state index is 11.5. The first-order valence-electron chi connectivity index (χ1n) is 17.2. The molecule has 4 N–H and O–H groups in total. The van der Waals surface area contributed by atoms with Crippen molar-refractivity contribution in [3.63, 3.8) is 0 Å². The zero-order valence-corrected chi connectivity index (χ0v) is 31.8. The SMILES string of the molecule is CCCOCc1cc(C(C)=O)ccc1OCC(O)C[NH+](C)C.CCCOCc1cc(C(C)=O)ccc1OCC(O)C[NH+](C)C.O=C([O-])/C=C/C(=O)[O-]. The van der Waals surface area contributed by atoms with Crippen molar-refractivity contribution in [3.8, 4) is 11.5 Å². The summed E-state index contributed by atoms with van der Waals surface area (Å²) in [5.41, 5.74) is 2.96. The molecule has 52 heavy (non-hydrogen) atoms. The van der Waals surface area contributed by atoms with Gasteiger partial charge in [0.05, 0.1) is 53.3 Å². The molecule has 2 rings (SSSR count). The molecule has 0 heterocycles. The number of aliphatic carboxylic acids is 2. The van der Waals surface area contributed by atoms with E-state index in [1.165, 1.54) is 13.8 Å². The number of ether oxygens (including phenoxy) is 4. The van der Waals surface area contributed by atoms with Crippen LogP contribution in [0.4, 0.5) is 0 Å². The molecule has 0 aliphatic rings. The number of rotatable bonds is 22. The van der Waals surface area contributed by atoms with E-state index in [9.17, 15) is 39.6 Å². The summed E-state index contributed by atoms with van der Waals surface area (Å²) in [5, 5.41) is 38.6. The minimum atomic E-state index is -1.55. The summed E-state index contributed by atoms with van der Waals surface area (Å²) in [7, 11) is 7.92. The van der Waals surface area contributed by atoms with E-state index in [1.807, 2.05) is 42.0 Å². The van der Waals surface area contributed by atoms with Gasteiger partial charge in [-0.2, -0.15) is 0 Å². The van der Waals surface area contributed by atoms with Crippen molar-refractivity contribution in [2.24, 2.45) is 0 Å². The number of likely N-dealkylation sites (N-methyl/N-ethyl adjacent to an activating group) is 2. The molecule has 0 aromatic heterocycles. The molecule has 0 saturated heterocycles. The lowest BCUT2D eigenvalue weighted by atomic mass is 10.1. The van der Waals surface area contributed by atoms with Crippen molar-refractivity contribution < 1.29 is 68.4 Å². The molecule has 2 aromatic rings. The van der Waals surface area contributed by atoms with E-state index in [-0.39, 0.29) is 24.8 Å². The largest absolute Gasteiger partial charge is 0.545 e. The van der Waals surface area contributed by atoms with Gasteiger partial charge in [0.15, 0.2) is 11.6 Å². The zero-order valence-electron chi connectivity index (χ0n) is 31.8. The third-order valence-electron chi connectivity index (χ3n) is 6.65. The van der Waals surface area contributed by atoms with Crippen molar-refractivity contribution in [1.29, 1.82) is 0 Å². The number of Topliss-reactive ketones (excluding diaryl/α,β-unsaturated/α-hetero) is 2. The number of ketones is 2. The number of hydrogen-bond acceptors (Lipinski definition) is 12. The highest BCUT2D eigenvalue weighted by Crippen LogP contribution is 2.23. The lowest BCUT2D eigenvalue weighted by molar-refractivity contribution is -0.861. The van der Waals surface area contributed by atoms with Crippen LogP contribution in [0.5, 0.6) is 11.5 Å². The topological polar surface area (TPSA) is 201 Å². The molecule has 14 nitrogen and oxygen atoms in total. The lowest BCUT2D eigenvalue weighted by Crippen LogP contribution is -3.07. The predicted molar refractivity (Wildman–Crippen MR) is 190 cm³/mol. The number of carboxylic acids is 2. The van der Waals surface area contributed by atoms with Gasteiger partial charge in [-0.1, -0.05) is 13.8 Å². The van der Waals surface area contributed by atoms with Gasteiger partial charge < -0.3 is 58.8 Å². The van der Waals surface area contributed by atoms with Crippen LogP contribution in [0, 0.1) is 0 Å². The second-order valence-electron chi connectivity index (χ2n) is 12.6. The van der Waals surface area contributed by atoms with Gasteiger partial charge >= 0.3 is 0 Å². The van der Waals surface area contributed by atoms with E-state index in [1.54, 1.807) is 36.4 Å². The summed E-state index contributed by atoms with van der Waals surface area (Å²) >= 11 is 0. The van der Waals surface area contributed by atoms with Gasteiger partial charge in [-0.05, 0) is 75.2 Å². The number of benzene rings is 2. The molecule has 292 valence electrons. The van der Waals surface area contributed by atoms with E-state index in [0.717, 1.165) is 33.8 Å². The second-order valence-corrected chi connectivity index (χ2v) is 12.6. The van der Waals surface area contributed by atoms with Gasteiger partial charge in [0.25, 0.3) is 0 Å². The number of carbonyl (C=O) groups excluding carboxylic acids is 4. The van der Waals surface area contributed by atoms with Crippen molar-refractivity contribution in [2.75, 3.05) is 67.7 Å². The first-order chi connectivity index (χ1) is 24.5. The average Bonchev–Trinajstić information content (AvgIpc) is 3.06. The van der Waals surface area contributed by atoms with Gasteiger partial charge in [-0.25, -0.2) is 0 Å². The highest BCUT2D eigenvalue weighted by atomic mass is 16.5. The lowest BCUT2D eigenvalue weighted by Gasteiger charge is -2.17. The standard InChI is InChI=1S/2C17H27NO4.C4H4O4/c2*1-5-8-21-11-15-9-14(13(2)19)6-7-17(15)22-12-16(20)10-18(3)4;5-3(6)1-2-4(7)8/h2*6-7,9,16,20H,5,8,10-12H2,1-4H3;1-2H,(H,5,6)(H,7,8)/b;;2-1+. The molecule has 0 saturated carbocycles. The van der Waals surface area contributed by atoms with E-state index in [4.69, 9.17) is 18.9 Å². The number of carbonyl (C=O) groups is 4. The maximum absolute atomic E-state index is 11.5. The highest BCUT2D eigenvalue weighted by Gasteiger charge is 2.14. The van der Waals surface area contributed by atoms with E-state index >= 15 is 0 Å². The van der Waals surface area contributed by atoms with Gasteiger partial charge in [0.1, 0.15) is 50.0 Å². The van der Waals surface area contributed by atoms with Crippen molar-refractivity contribution in [1.82, 2.24) is 0 Å². The molecular formula is C38H58N2O12. The maximum Gasteiger partial charge on any atom is 0.159 e. The molecule has 2 aromatic carbocycles. The Morgan fingerprint density at radius 3 is 1.29 bits per heavy atom. The zero-order chi connectivity index (χ0) is 39.6. The number of nitrogens with one attached hydrogen (secondary N) is 2. The van der Waals surface area contributed by atoms with Crippen LogP contribution in [0.15, 0.2) is 48.6 Å². The van der Waals surface area contributed by atoms with Crippen LogP contribution in [0.2, 0.25) is 0 Å².